The predicted octanol–water partition coefficient (Wildman–Crippen LogP) is 1.98. The zero-order valence-electron chi connectivity index (χ0n) is 9.98. The molecule has 1 heterocycles. The van der Waals surface area contributed by atoms with Crippen LogP contribution in [0.25, 0.3) is 0 Å². The molecule has 0 unspecified atom stereocenters. The fourth-order valence-corrected chi connectivity index (χ4v) is 1.30. The molecule has 0 amide bonds. The number of nitrogens with two attached hydrogens (primary N) is 1. The van der Waals surface area contributed by atoms with E-state index >= 15 is 0 Å². The summed E-state index contributed by atoms with van der Waals surface area (Å²) in [5, 5.41) is 0. The average molecular weight is 224 g/mol. The van der Waals surface area contributed by atoms with Gasteiger partial charge < -0.3 is 15.2 Å². The van der Waals surface area contributed by atoms with Gasteiger partial charge in [-0.1, -0.05) is 11.6 Å². The van der Waals surface area contributed by atoms with E-state index < -0.39 is 0 Å². The minimum Gasteiger partial charge on any atom is -0.387 e. The number of ether oxygens (including phenoxy) is 2. The van der Waals surface area contributed by atoms with E-state index in [0.717, 1.165) is 31.6 Å². The molecular formula is C12H20N2O2. The summed E-state index contributed by atoms with van der Waals surface area (Å²) in [6, 6.07) is 0. The minimum absolute atomic E-state index is 0.0863. The zero-order valence-corrected chi connectivity index (χ0v) is 9.98. The lowest BCUT2D eigenvalue weighted by molar-refractivity contribution is -0.175. The van der Waals surface area contributed by atoms with Gasteiger partial charge in [0.1, 0.15) is 0 Å². The van der Waals surface area contributed by atoms with E-state index in [4.69, 9.17) is 15.2 Å². The van der Waals surface area contributed by atoms with Gasteiger partial charge in [0.25, 0.3) is 0 Å². The molecule has 1 aliphatic heterocycles. The molecule has 0 saturated carbocycles. The Morgan fingerprint density at radius 2 is 2.06 bits per heavy atom. The maximum Gasteiger partial charge on any atom is 0.160 e. The van der Waals surface area contributed by atoms with E-state index in [1.807, 2.05) is 13.0 Å². The highest BCUT2D eigenvalue weighted by Crippen LogP contribution is 2.10. The summed E-state index contributed by atoms with van der Waals surface area (Å²) >= 11 is 0. The van der Waals surface area contributed by atoms with Crippen LogP contribution in [0.15, 0.2) is 28.9 Å². The largest absolute Gasteiger partial charge is 0.387 e. The second-order valence-corrected chi connectivity index (χ2v) is 3.79. The summed E-state index contributed by atoms with van der Waals surface area (Å²) in [5.41, 5.74) is 6.54. The number of aliphatic imine (C=N–C) groups is 1. The van der Waals surface area contributed by atoms with Crippen molar-refractivity contribution in [1.29, 1.82) is 0 Å². The van der Waals surface area contributed by atoms with Crippen LogP contribution in [0.4, 0.5) is 0 Å². The quantitative estimate of drug-likeness (QED) is 0.451. The Morgan fingerprint density at radius 3 is 2.69 bits per heavy atom. The first kappa shape index (κ1) is 12.9. The van der Waals surface area contributed by atoms with Crippen LogP contribution < -0.4 is 5.73 Å². The maximum atomic E-state index is 5.43. The molecule has 2 N–H and O–H groups in total. The van der Waals surface area contributed by atoms with Crippen molar-refractivity contribution in [2.45, 2.75) is 33.0 Å². The topological polar surface area (TPSA) is 56.8 Å². The molecule has 0 radical (unpaired) electrons. The molecule has 4 nitrogen and oxygen atoms in total. The summed E-state index contributed by atoms with van der Waals surface area (Å²) < 4.78 is 10.9. The Bertz CT molecular complexity index is 285. The molecule has 0 aromatic carbocycles. The Labute approximate surface area is 96.8 Å². The molecule has 0 bridgehead atoms. The van der Waals surface area contributed by atoms with Crippen molar-refractivity contribution in [3.8, 4) is 0 Å². The summed E-state index contributed by atoms with van der Waals surface area (Å²) in [5.74, 6) is 0.558. The van der Waals surface area contributed by atoms with Crippen molar-refractivity contribution in [3.63, 3.8) is 0 Å². The maximum absolute atomic E-state index is 5.43. The van der Waals surface area contributed by atoms with Gasteiger partial charge in [0.05, 0.1) is 19.0 Å². The van der Waals surface area contributed by atoms with Gasteiger partial charge in [-0.3, -0.25) is 0 Å². The minimum atomic E-state index is -0.0863. The van der Waals surface area contributed by atoms with Gasteiger partial charge in [0, 0.05) is 12.6 Å². The lowest BCUT2D eigenvalue weighted by Gasteiger charge is -2.21. The fourth-order valence-electron chi connectivity index (χ4n) is 1.30. The Kier molecular flexibility index (Phi) is 5.82. The van der Waals surface area contributed by atoms with Gasteiger partial charge in [0.2, 0.25) is 0 Å². The first-order valence-corrected chi connectivity index (χ1v) is 5.55. The van der Waals surface area contributed by atoms with Crippen molar-refractivity contribution in [2.75, 3.05) is 13.2 Å². The lowest BCUT2D eigenvalue weighted by Crippen LogP contribution is -2.24. The highest BCUT2D eigenvalue weighted by Gasteiger charge is 2.11. The van der Waals surface area contributed by atoms with Gasteiger partial charge in [-0.2, -0.15) is 0 Å². The molecule has 0 aromatic rings. The van der Waals surface area contributed by atoms with E-state index in [0.29, 0.717) is 5.84 Å². The molecule has 1 aliphatic rings. The highest BCUT2D eigenvalue weighted by atomic mass is 16.7. The molecule has 0 aliphatic carbocycles. The normalized spacial score (nSPS) is 20.6. The van der Waals surface area contributed by atoms with Crippen LogP contribution in [-0.2, 0) is 9.47 Å². The van der Waals surface area contributed by atoms with Gasteiger partial charge in [-0.25, -0.2) is 4.99 Å². The monoisotopic (exact) mass is 224 g/mol. The van der Waals surface area contributed by atoms with Crippen molar-refractivity contribution < 1.29 is 9.47 Å². The number of hydrogen-bond donors (Lipinski definition) is 1. The number of amidine groups is 1. The van der Waals surface area contributed by atoms with E-state index in [9.17, 15) is 0 Å². The van der Waals surface area contributed by atoms with E-state index in [-0.39, 0.29) is 6.29 Å². The van der Waals surface area contributed by atoms with Gasteiger partial charge in [0.15, 0.2) is 6.29 Å². The van der Waals surface area contributed by atoms with Crippen molar-refractivity contribution in [1.82, 2.24) is 0 Å². The fraction of sp³-hybridized carbons (Fsp3) is 0.583. The molecule has 1 rings (SSSR count). The van der Waals surface area contributed by atoms with E-state index in [1.54, 1.807) is 13.1 Å². The van der Waals surface area contributed by atoms with Crippen LogP contribution in [0.2, 0.25) is 0 Å². The van der Waals surface area contributed by atoms with Crippen LogP contribution in [0, 0.1) is 0 Å². The average Bonchev–Trinajstić information content (AvgIpc) is 2.27. The van der Waals surface area contributed by atoms with E-state index in [2.05, 4.69) is 11.1 Å². The third-order valence-corrected chi connectivity index (χ3v) is 2.14. The second-order valence-electron chi connectivity index (χ2n) is 3.79. The van der Waals surface area contributed by atoms with Crippen LogP contribution >= 0.6 is 0 Å². The Balaban J connectivity index is 2.32. The third-order valence-electron chi connectivity index (χ3n) is 2.14. The van der Waals surface area contributed by atoms with E-state index in [1.165, 1.54) is 0 Å². The number of nitrogens with zero attached hydrogens (tertiary/aromatic N) is 1. The molecule has 90 valence electrons. The lowest BCUT2D eigenvalue weighted by atomic mass is 10.2. The predicted molar refractivity (Wildman–Crippen MR) is 65.1 cm³/mol. The molecule has 0 atom stereocenters. The van der Waals surface area contributed by atoms with Crippen LogP contribution in [-0.4, -0.2) is 25.3 Å². The molecular weight excluding hydrogens is 204 g/mol. The van der Waals surface area contributed by atoms with Crippen molar-refractivity contribution >= 4 is 5.84 Å². The number of hydrogen-bond acceptors (Lipinski definition) is 3. The smallest absolute Gasteiger partial charge is 0.160 e. The molecule has 0 spiro atoms. The van der Waals surface area contributed by atoms with Crippen molar-refractivity contribution in [3.05, 3.63) is 23.9 Å². The Hall–Kier alpha value is -1.13. The summed E-state index contributed by atoms with van der Waals surface area (Å²) in [6.45, 7) is 5.36. The molecule has 0 aromatic heterocycles. The van der Waals surface area contributed by atoms with Crippen LogP contribution in [0.3, 0.4) is 0 Å². The zero-order chi connectivity index (χ0) is 11.8. The summed E-state index contributed by atoms with van der Waals surface area (Å²) in [4.78, 5) is 3.97. The van der Waals surface area contributed by atoms with Gasteiger partial charge in [-0.15, -0.1) is 0 Å². The van der Waals surface area contributed by atoms with Crippen molar-refractivity contribution in [2.24, 2.45) is 10.7 Å². The number of allylic oxidation sites excluding steroid dienone is 2. The summed E-state index contributed by atoms with van der Waals surface area (Å²) in [6.07, 6.45) is 7.37. The van der Waals surface area contributed by atoms with Crippen LogP contribution in [0.1, 0.15) is 26.7 Å². The van der Waals surface area contributed by atoms with Gasteiger partial charge in [-0.05, 0) is 26.3 Å². The molecule has 1 saturated heterocycles. The summed E-state index contributed by atoms with van der Waals surface area (Å²) in [7, 11) is 0. The first-order valence-electron chi connectivity index (χ1n) is 5.55. The molecule has 1 fully saturated rings. The second kappa shape index (κ2) is 7.19. The van der Waals surface area contributed by atoms with Gasteiger partial charge >= 0.3 is 0 Å². The molecule has 16 heavy (non-hydrogen) atoms. The standard InChI is InChI=1S/C12H20N2O2/c1-10(6-7-14-11(2)13)4-5-12-15-8-3-9-16-12/h4,6-7,12H,3,5,8-9H2,1-2H3,(H2,13,14). The molecule has 4 heteroatoms. The third kappa shape index (κ3) is 5.68. The van der Waals surface area contributed by atoms with Crippen LogP contribution in [0.5, 0.6) is 0 Å². The SMILES string of the molecule is CC(C=CN=C(C)N)=CCC1OCCCO1. The Morgan fingerprint density at radius 1 is 1.38 bits per heavy atom. The highest BCUT2D eigenvalue weighted by molar-refractivity contribution is 5.77. The number of rotatable bonds is 4. The first-order chi connectivity index (χ1) is 7.68.